The number of aromatic nitrogens is 3. The molecule has 3 heterocycles. The summed E-state index contributed by atoms with van der Waals surface area (Å²) >= 11 is 8.84. The van der Waals surface area contributed by atoms with Crippen molar-refractivity contribution in [3.63, 3.8) is 0 Å². The number of nitrogens with one attached hydrogen (secondary N) is 1. The number of amides is 2. The summed E-state index contributed by atoms with van der Waals surface area (Å²) in [5.41, 5.74) is 3.05. The lowest BCUT2D eigenvalue weighted by molar-refractivity contribution is -0.130. The second kappa shape index (κ2) is 13.6. The van der Waals surface area contributed by atoms with Gasteiger partial charge in [0.05, 0.1) is 41.7 Å². The van der Waals surface area contributed by atoms with Gasteiger partial charge in [-0.05, 0) is 77.2 Å². The van der Waals surface area contributed by atoms with Gasteiger partial charge >= 0.3 is 0 Å². The molecule has 1 N–H and O–H groups in total. The first-order valence-corrected chi connectivity index (χ1v) is 16.1. The summed E-state index contributed by atoms with van der Waals surface area (Å²) in [5.74, 6) is 0.349. The first-order valence-electron chi connectivity index (χ1n) is 13.8. The van der Waals surface area contributed by atoms with Crippen LogP contribution in [0.25, 0.3) is 5.69 Å². The van der Waals surface area contributed by atoms with Gasteiger partial charge < -0.3 is 10.1 Å². The molecule has 6 rings (SSSR count). The molecule has 0 spiro atoms. The molecule has 0 saturated carbocycles. The molecule has 0 bridgehead atoms. The van der Waals surface area contributed by atoms with Crippen LogP contribution < -0.4 is 10.1 Å². The monoisotopic (exact) mass is 660 g/mol. The van der Waals surface area contributed by atoms with Crippen LogP contribution in [0.2, 0.25) is 5.02 Å². The molecular weight excluding hydrogens is 635 g/mol. The Bertz CT molecular complexity index is 1850. The lowest BCUT2D eigenvalue weighted by Crippen LogP contribution is -2.28. The highest BCUT2D eigenvalue weighted by molar-refractivity contribution is 7.99. The van der Waals surface area contributed by atoms with Crippen LogP contribution in [0.3, 0.4) is 0 Å². The number of hydrazone groups is 1. The van der Waals surface area contributed by atoms with Gasteiger partial charge in [-0.2, -0.15) is 5.10 Å². The van der Waals surface area contributed by atoms with Gasteiger partial charge in [-0.1, -0.05) is 47.6 Å². The number of carbonyl (C=O) groups excluding carboxylic acids is 2. The van der Waals surface area contributed by atoms with Crippen LogP contribution in [0.1, 0.15) is 39.1 Å². The average molecular weight is 661 g/mol. The van der Waals surface area contributed by atoms with Crippen molar-refractivity contribution in [1.29, 1.82) is 0 Å². The SMILES string of the molecule is COc1ccc(C2=NN(C(=O)CSc3nnc(CNC(=O)c4cccs4)n3-c3cccc(Cl)c3)[C@H](c3ccc(F)cc3)C2)cc1. The molecule has 0 fully saturated rings. The fraction of sp³-hybridized carbons (Fsp3) is 0.156. The Morgan fingerprint density at radius 1 is 1.07 bits per heavy atom. The van der Waals surface area contributed by atoms with E-state index >= 15 is 0 Å². The average Bonchev–Trinajstić information content (AvgIpc) is 3.83. The maximum Gasteiger partial charge on any atom is 0.261 e. The van der Waals surface area contributed by atoms with Crippen LogP contribution >= 0.6 is 34.7 Å². The maximum atomic E-state index is 13.8. The predicted octanol–water partition coefficient (Wildman–Crippen LogP) is 6.53. The van der Waals surface area contributed by atoms with Gasteiger partial charge in [-0.15, -0.1) is 21.5 Å². The number of halogens is 2. The normalized spacial score (nSPS) is 14.3. The molecule has 1 aliphatic rings. The van der Waals surface area contributed by atoms with Gasteiger partial charge in [0, 0.05) is 11.4 Å². The molecule has 0 saturated heterocycles. The Morgan fingerprint density at radius 2 is 1.87 bits per heavy atom. The van der Waals surface area contributed by atoms with Crippen LogP contribution in [-0.2, 0) is 11.3 Å². The fourth-order valence-electron chi connectivity index (χ4n) is 4.87. The van der Waals surface area contributed by atoms with Crippen molar-refractivity contribution in [3.8, 4) is 11.4 Å². The van der Waals surface area contributed by atoms with Crippen LogP contribution in [0.4, 0.5) is 4.39 Å². The second-order valence-corrected chi connectivity index (χ2v) is 12.3. The standard InChI is InChI=1S/C32H26ClFN6O3S2/c1-43-25-13-9-20(10-14-25)26-17-27(21-7-11-23(34)12-8-21)40(38-26)30(41)19-45-32-37-36-29(18-35-31(42)28-6-3-15-44-28)39(32)24-5-2-4-22(33)16-24/h2-16,27H,17-19H2,1H3,(H,35,42)/t27-/m0/s1. The van der Waals surface area contributed by atoms with E-state index in [9.17, 15) is 14.0 Å². The minimum absolute atomic E-state index is 0.00264. The first kappa shape index (κ1) is 30.5. The summed E-state index contributed by atoms with van der Waals surface area (Å²) in [4.78, 5) is 27.0. The van der Waals surface area contributed by atoms with Gasteiger partial charge in [-0.25, -0.2) is 9.40 Å². The van der Waals surface area contributed by atoms with E-state index in [4.69, 9.17) is 21.4 Å². The molecule has 228 valence electrons. The van der Waals surface area contributed by atoms with E-state index < -0.39 is 6.04 Å². The summed E-state index contributed by atoms with van der Waals surface area (Å²) in [7, 11) is 1.60. The van der Waals surface area contributed by atoms with E-state index in [1.165, 1.54) is 40.2 Å². The van der Waals surface area contributed by atoms with E-state index in [1.54, 1.807) is 48.1 Å². The summed E-state index contributed by atoms with van der Waals surface area (Å²) in [6.45, 7) is 0.110. The van der Waals surface area contributed by atoms with Crippen molar-refractivity contribution < 1.29 is 18.7 Å². The number of carbonyl (C=O) groups is 2. The van der Waals surface area contributed by atoms with Crippen LogP contribution in [0.15, 0.2) is 101 Å². The number of thioether (sulfide) groups is 1. The molecule has 0 unspecified atom stereocenters. The zero-order chi connectivity index (χ0) is 31.3. The number of nitrogens with zero attached hydrogens (tertiary/aromatic N) is 5. The Balaban J connectivity index is 1.25. The molecule has 1 atom stereocenters. The summed E-state index contributed by atoms with van der Waals surface area (Å²) in [6.07, 6.45) is 0.459. The van der Waals surface area contributed by atoms with Gasteiger partial charge in [0.25, 0.3) is 11.8 Å². The highest BCUT2D eigenvalue weighted by Gasteiger charge is 2.33. The molecule has 0 radical (unpaired) electrons. The molecule has 13 heteroatoms. The third-order valence-electron chi connectivity index (χ3n) is 7.09. The quantitative estimate of drug-likeness (QED) is 0.171. The maximum absolute atomic E-state index is 13.8. The van der Waals surface area contributed by atoms with E-state index in [2.05, 4.69) is 15.5 Å². The van der Waals surface area contributed by atoms with Crippen molar-refractivity contribution in [2.24, 2.45) is 5.10 Å². The molecular formula is C32H26ClFN6O3S2. The van der Waals surface area contributed by atoms with Gasteiger partial charge in [0.2, 0.25) is 0 Å². The Kier molecular flexibility index (Phi) is 9.24. The number of rotatable bonds is 10. The summed E-state index contributed by atoms with van der Waals surface area (Å²) in [6, 6.07) is 23.9. The number of ether oxygens (including phenoxy) is 1. The number of hydrogen-bond acceptors (Lipinski definition) is 8. The van der Waals surface area contributed by atoms with Crippen molar-refractivity contribution >= 4 is 52.2 Å². The van der Waals surface area contributed by atoms with Crippen molar-refractivity contribution in [1.82, 2.24) is 25.1 Å². The Labute approximate surface area is 271 Å². The molecule has 2 amide bonds. The third kappa shape index (κ3) is 6.93. The van der Waals surface area contributed by atoms with Crippen molar-refractivity contribution in [2.75, 3.05) is 12.9 Å². The van der Waals surface area contributed by atoms with E-state index in [1.807, 2.05) is 41.8 Å². The molecule has 9 nitrogen and oxygen atoms in total. The molecule has 1 aliphatic heterocycles. The number of benzene rings is 3. The first-order chi connectivity index (χ1) is 21.9. The summed E-state index contributed by atoms with van der Waals surface area (Å²) in [5, 5.41) is 20.5. The van der Waals surface area contributed by atoms with E-state index in [0.29, 0.717) is 38.7 Å². The molecule has 5 aromatic rings. The van der Waals surface area contributed by atoms with Crippen LogP contribution in [0, 0.1) is 5.82 Å². The number of methoxy groups -OCH3 is 1. The fourth-order valence-corrected chi connectivity index (χ4v) is 6.52. The smallest absolute Gasteiger partial charge is 0.261 e. The topological polar surface area (TPSA) is 102 Å². The van der Waals surface area contributed by atoms with Crippen molar-refractivity contribution in [3.05, 3.63) is 123 Å². The highest BCUT2D eigenvalue weighted by Crippen LogP contribution is 2.34. The summed E-state index contributed by atoms with van der Waals surface area (Å²) < 4.78 is 20.8. The van der Waals surface area contributed by atoms with Gasteiger partial charge in [0.15, 0.2) is 11.0 Å². The highest BCUT2D eigenvalue weighted by atomic mass is 35.5. The Morgan fingerprint density at radius 3 is 2.58 bits per heavy atom. The van der Waals surface area contributed by atoms with E-state index in [-0.39, 0.29) is 29.9 Å². The van der Waals surface area contributed by atoms with Crippen LogP contribution in [0.5, 0.6) is 5.75 Å². The molecule has 45 heavy (non-hydrogen) atoms. The molecule has 2 aromatic heterocycles. The largest absolute Gasteiger partial charge is 0.497 e. The molecule has 3 aromatic carbocycles. The minimum atomic E-state index is -0.412. The van der Waals surface area contributed by atoms with E-state index in [0.717, 1.165) is 16.8 Å². The third-order valence-corrected chi connectivity index (χ3v) is 9.10. The van der Waals surface area contributed by atoms with Crippen molar-refractivity contribution in [2.45, 2.75) is 24.2 Å². The van der Waals surface area contributed by atoms with Crippen LogP contribution in [-0.4, -0.2) is 50.2 Å². The lowest BCUT2D eigenvalue weighted by atomic mass is 9.98. The Hall–Kier alpha value is -4.52. The minimum Gasteiger partial charge on any atom is -0.497 e. The van der Waals surface area contributed by atoms with Gasteiger partial charge in [0.1, 0.15) is 11.6 Å². The zero-order valence-corrected chi connectivity index (χ0v) is 26.3. The second-order valence-electron chi connectivity index (χ2n) is 9.95. The van der Waals surface area contributed by atoms with Gasteiger partial charge in [-0.3, -0.25) is 14.2 Å². The predicted molar refractivity (Wildman–Crippen MR) is 173 cm³/mol. The number of thiophene rings is 1. The molecule has 0 aliphatic carbocycles. The lowest BCUT2D eigenvalue weighted by Gasteiger charge is -2.22. The number of hydrogen-bond donors (Lipinski definition) is 1. The zero-order valence-electron chi connectivity index (χ0n) is 23.9.